The third kappa shape index (κ3) is 1.93. The quantitative estimate of drug-likeness (QED) is 0.784. The highest BCUT2D eigenvalue weighted by atomic mass is 16.3. The Morgan fingerprint density at radius 3 is 2.53 bits per heavy atom. The summed E-state index contributed by atoms with van der Waals surface area (Å²) in [5.41, 5.74) is 5.45. The van der Waals surface area contributed by atoms with Gasteiger partial charge in [0.15, 0.2) is 0 Å². The van der Waals surface area contributed by atoms with E-state index in [9.17, 15) is 5.11 Å². The number of aryl methyl sites for hydroxylation is 3. The number of aliphatic hydroxyl groups is 1. The van der Waals surface area contributed by atoms with Gasteiger partial charge in [-0.25, -0.2) is 0 Å². The Bertz CT molecular complexity index is 355. The van der Waals surface area contributed by atoms with Crippen LogP contribution in [0, 0.1) is 0 Å². The van der Waals surface area contributed by atoms with Gasteiger partial charge in [-0.3, -0.25) is 0 Å². The zero-order valence-electron chi connectivity index (χ0n) is 9.71. The van der Waals surface area contributed by atoms with Crippen LogP contribution in [0.2, 0.25) is 0 Å². The van der Waals surface area contributed by atoms with E-state index >= 15 is 0 Å². The van der Waals surface area contributed by atoms with Crippen LogP contribution in [0.25, 0.3) is 0 Å². The average molecular weight is 204 g/mol. The van der Waals surface area contributed by atoms with E-state index in [1.165, 1.54) is 22.3 Å². The third-order valence-corrected chi connectivity index (χ3v) is 3.51. The Morgan fingerprint density at radius 2 is 1.87 bits per heavy atom. The van der Waals surface area contributed by atoms with Crippen LogP contribution in [0.5, 0.6) is 0 Å². The molecule has 0 aromatic heterocycles. The molecule has 0 radical (unpaired) electrons. The Kier molecular flexibility index (Phi) is 3.11. The average Bonchev–Trinajstić information content (AvgIpc) is 2.28. The molecular formula is C14H20O. The van der Waals surface area contributed by atoms with E-state index < -0.39 is 0 Å². The highest BCUT2D eigenvalue weighted by molar-refractivity contribution is 5.41. The van der Waals surface area contributed by atoms with E-state index in [0.29, 0.717) is 0 Å². The summed E-state index contributed by atoms with van der Waals surface area (Å²) in [6.07, 6.45) is 5.16. The van der Waals surface area contributed by atoms with Crippen molar-refractivity contribution in [1.29, 1.82) is 0 Å². The summed E-state index contributed by atoms with van der Waals surface area (Å²) in [4.78, 5) is 0. The summed E-state index contributed by atoms with van der Waals surface area (Å²) < 4.78 is 0. The van der Waals surface area contributed by atoms with Gasteiger partial charge in [-0.2, -0.15) is 0 Å². The second-order valence-electron chi connectivity index (χ2n) is 4.43. The predicted molar refractivity (Wildman–Crippen MR) is 63.1 cm³/mol. The smallest absolute Gasteiger partial charge is 0.0792 e. The highest BCUT2D eigenvalue weighted by Crippen LogP contribution is 2.32. The van der Waals surface area contributed by atoms with Gasteiger partial charge >= 0.3 is 0 Å². The topological polar surface area (TPSA) is 20.2 Å². The van der Waals surface area contributed by atoms with Crippen LogP contribution in [0.15, 0.2) is 12.1 Å². The Hall–Kier alpha value is -0.820. The highest BCUT2D eigenvalue weighted by Gasteiger charge is 2.19. The van der Waals surface area contributed by atoms with Crippen LogP contribution >= 0.6 is 0 Å². The molecule has 0 saturated carbocycles. The van der Waals surface area contributed by atoms with Crippen LogP contribution < -0.4 is 0 Å². The molecule has 0 saturated heterocycles. The monoisotopic (exact) mass is 204 g/mol. The lowest BCUT2D eigenvalue weighted by Gasteiger charge is -2.23. The Balaban J connectivity index is 2.48. The van der Waals surface area contributed by atoms with Gasteiger partial charge in [-0.1, -0.05) is 26.0 Å². The lowest BCUT2D eigenvalue weighted by molar-refractivity contribution is 0.156. The van der Waals surface area contributed by atoms with Crippen LogP contribution in [0.3, 0.4) is 0 Å². The number of aliphatic hydroxyl groups excluding tert-OH is 1. The Labute approximate surface area is 92.1 Å². The molecule has 1 aromatic carbocycles. The number of hydrogen-bond donors (Lipinski definition) is 1. The van der Waals surface area contributed by atoms with Gasteiger partial charge in [0.05, 0.1) is 6.10 Å². The molecule has 0 spiro atoms. The molecule has 1 N–H and O–H groups in total. The fourth-order valence-corrected chi connectivity index (χ4v) is 2.59. The lowest BCUT2D eigenvalue weighted by Crippen LogP contribution is -2.11. The normalized spacial score (nSPS) is 20.1. The van der Waals surface area contributed by atoms with E-state index in [-0.39, 0.29) is 6.10 Å². The van der Waals surface area contributed by atoms with E-state index in [1.807, 2.05) is 0 Å². The second-order valence-corrected chi connectivity index (χ2v) is 4.43. The zero-order valence-corrected chi connectivity index (χ0v) is 9.71. The maximum atomic E-state index is 9.94. The summed E-state index contributed by atoms with van der Waals surface area (Å²) >= 11 is 0. The predicted octanol–water partition coefficient (Wildman–Crippen LogP) is 3.18. The minimum Gasteiger partial charge on any atom is -0.388 e. The molecule has 0 bridgehead atoms. The van der Waals surface area contributed by atoms with Crippen LogP contribution in [0.1, 0.15) is 55.0 Å². The molecule has 0 aliphatic heterocycles. The van der Waals surface area contributed by atoms with Gasteiger partial charge in [-0.15, -0.1) is 0 Å². The number of rotatable bonds is 2. The van der Waals surface area contributed by atoms with Crippen LogP contribution in [-0.2, 0) is 19.3 Å². The number of hydrogen-bond acceptors (Lipinski definition) is 1. The van der Waals surface area contributed by atoms with Gasteiger partial charge < -0.3 is 5.11 Å². The molecule has 1 aliphatic carbocycles. The van der Waals surface area contributed by atoms with Crippen molar-refractivity contribution >= 4 is 0 Å². The first-order valence-corrected chi connectivity index (χ1v) is 6.08. The number of benzene rings is 1. The molecule has 15 heavy (non-hydrogen) atoms. The summed E-state index contributed by atoms with van der Waals surface area (Å²) in [6, 6.07) is 4.55. The third-order valence-electron chi connectivity index (χ3n) is 3.51. The van der Waals surface area contributed by atoms with Gasteiger partial charge in [0.25, 0.3) is 0 Å². The van der Waals surface area contributed by atoms with Crippen molar-refractivity contribution in [2.75, 3.05) is 0 Å². The molecule has 1 atom stereocenters. The van der Waals surface area contributed by atoms with E-state index in [1.54, 1.807) is 0 Å². The fraction of sp³-hybridized carbons (Fsp3) is 0.571. The standard InChI is InChI=1S/C14H20O/c1-3-10-8-12-6-5-7-14(15)13(12)9-11(10)4-2/h8-9,14-15H,3-7H2,1-2H3/t14-/m0/s1. The lowest BCUT2D eigenvalue weighted by atomic mass is 9.85. The minimum atomic E-state index is -0.218. The van der Waals surface area contributed by atoms with E-state index in [0.717, 1.165) is 32.1 Å². The first-order valence-electron chi connectivity index (χ1n) is 6.08. The molecule has 1 heteroatoms. The van der Waals surface area contributed by atoms with Gasteiger partial charge in [0.2, 0.25) is 0 Å². The minimum absolute atomic E-state index is 0.218. The molecule has 2 rings (SSSR count). The molecule has 1 aromatic rings. The molecule has 0 heterocycles. The van der Waals surface area contributed by atoms with E-state index in [2.05, 4.69) is 26.0 Å². The molecular weight excluding hydrogens is 184 g/mol. The molecule has 1 nitrogen and oxygen atoms in total. The second kappa shape index (κ2) is 4.36. The maximum Gasteiger partial charge on any atom is 0.0792 e. The molecule has 82 valence electrons. The van der Waals surface area contributed by atoms with Crippen LogP contribution in [-0.4, -0.2) is 5.11 Å². The summed E-state index contributed by atoms with van der Waals surface area (Å²) in [7, 11) is 0. The first-order chi connectivity index (χ1) is 7.26. The van der Waals surface area contributed by atoms with Crippen molar-refractivity contribution in [3.05, 3.63) is 34.4 Å². The number of fused-ring (bicyclic) bond motifs is 1. The van der Waals surface area contributed by atoms with Gasteiger partial charge in [0.1, 0.15) is 0 Å². The maximum absolute atomic E-state index is 9.94. The summed E-state index contributed by atoms with van der Waals surface area (Å²) in [6.45, 7) is 4.40. The SMILES string of the molecule is CCc1cc2c(cc1CC)[C@@H](O)CCC2. The molecule has 1 aliphatic rings. The van der Waals surface area contributed by atoms with Crippen molar-refractivity contribution in [1.82, 2.24) is 0 Å². The van der Waals surface area contributed by atoms with Crippen molar-refractivity contribution in [2.24, 2.45) is 0 Å². The molecule has 0 unspecified atom stereocenters. The first kappa shape index (κ1) is 10.7. The Morgan fingerprint density at radius 1 is 1.20 bits per heavy atom. The largest absolute Gasteiger partial charge is 0.388 e. The van der Waals surface area contributed by atoms with Crippen molar-refractivity contribution in [3.63, 3.8) is 0 Å². The summed E-state index contributed by atoms with van der Waals surface area (Å²) in [5, 5.41) is 9.94. The van der Waals surface area contributed by atoms with Crippen LogP contribution in [0.4, 0.5) is 0 Å². The zero-order chi connectivity index (χ0) is 10.8. The van der Waals surface area contributed by atoms with Crippen molar-refractivity contribution < 1.29 is 5.11 Å². The van der Waals surface area contributed by atoms with Crippen molar-refractivity contribution in [2.45, 2.75) is 52.1 Å². The summed E-state index contributed by atoms with van der Waals surface area (Å²) in [5.74, 6) is 0. The molecule has 0 fully saturated rings. The van der Waals surface area contributed by atoms with Crippen molar-refractivity contribution in [3.8, 4) is 0 Å². The van der Waals surface area contributed by atoms with Gasteiger partial charge in [0, 0.05) is 0 Å². The molecule has 0 amide bonds. The van der Waals surface area contributed by atoms with Gasteiger partial charge in [-0.05, 0) is 54.4 Å². The van der Waals surface area contributed by atoms with E-state index in [4.69, 9.17) is 0 Å². The fourth-order valence-electron chi connectivity index (χ4n) is 2.59.